The number of ether oxygens (including phenoxy) is 1. The lowest BCUT2D eigenvalue weighted by molar-refractivity contribution is -0.122. The number of hydrogen-bond acceptors (Lipinski definition) is 5. The zero-order chi connectivity index (χ0) is 25.8. The second-order valence-electron chi connectivity index (χ2n) is 8.87. The highest BCUT2D eigenvalue weighted by Gasteiger charge is 2.36. The molecule has 1 fully saturated rings. The maximum Gasteiger partial charge on any atom is 0.293 e. The Morgan fingerprint density at radius 3 is 2.46 bits per heavy atom. The number of fused-ring (bicyclic) bond motifs is 1. The molecule has 0 bridgehead atoms. The van der Waals surface area contributed by atoms with Crippen molar-refractivity contribution < 1.29 is 19.1 Å². The average molecular weight is 511 g/mol. The summed E-state index contributed by atoms with van der Waals surface area (Å²) in [6, 6.07) is 24.8. The number of para-hydroxylation sites is 2. The topological polar surface area (TPSA) is 68.6 Å². The summed E-state index contributed by atoms with van der Waals surface area (Å²) in [5, 5.41) is 0.563. The molecule has 0 spiro atoms. The van der Waals surface area contributed by atoms with E-state index in [-0.39, 0.29) is 12.3 Å². The van der Waals surface area contributed by atoms with Crippen molar-refractivity contribution in [1.82, 2.24) is 9.47 Å². The molecule has 6 nitrogen and oxygen atoms in total. The standard InChI is InChI=1S/C30H26N2O4S/c1-21-12-14-22(15-13-21)27(33)20-32-29(34)28(37-30(32)35)18-23-19-31(26-11-6-5-10-25(23)26)16-7-17-36-24-8-3-2-4-9-24/h2-6,8-15,18-19H,7,16-17,20H2,1H3/b28-18-. The fourth-order valence-corrected chi connectivity index (χ4v) is 5.10. The van der Waals surface area contributed by atoms with Crippen molar-refractivity contribution in [1.29, 1.82) is 0 Å². The number of benzene rings is 3. The van der Waals surface area contributed by atoms with Gasteiger partial charge in [-0.05, 0) is 49.4 Å². The van der Waals surface area contributed by atoms with Gasteiger partial charge in [0.1, 0.15) is 5.75 Å². The minimum Gasteiger partial charge on any atom is -0.494 e. The Balaban J connectivity index is 1.30. The number of hydrogen-bond donors (Lipinski definition) is 0. The summed E-state index contributed by atoms with van der Waals surface area (Å²) >= 11 is 0.870. The molecule has 186 valence electrons. The van der Waals surface area contributed by atoms with E-state index in [9.17, 15) is 14.4 Å². The van der Waals surface area contributed by atoms with Crippen LogP contribution in [0.3, 0.4) is 0 Å². The largest absolute Gasteiger partial charge is 0.494 e. The SMILES string of the molecule is Cc1ccc(C(=O)CN2C(=O)S/C(=C\c3cn(CCCOc4ccccc4)c4ccccc34)C2=O)cc1. The molecule has 0 N–H and O–H groups in total. The van der Waals surface area contributed by atoms with Gasteiger partial charge in [-0.3, -0.25) is 19.3 Å². The van der Waals surface area contributed by atoms with Gasteiger partial charge in [-0.1, -0.05) is 66.2 Å². The third-order valence-electron chi connectivity index (χ3n) is 6.21. The third-order valence-corrected chi connectivity index (χ3v) is 7.12. The van der Waals surface area contributed by atoms with Gasteiger partial charge in [0.15, 0.2) is 5.78 Å². The van der Waals surface area contributed by atoms with Crippen LogP contribution >= 0.6 is 11.8 Å². The molecule has 1 saturated heterocycles. The minimum absolute atomic E-state index is 0.266. The molecule has 3 aromatic carbocycles. The number of amides is 2. The highest BCUT2D eigenvalue weighted by molar-refractivity contribution is 8.18. The normalized spacial score (nSPS) is 14.6. The van der Waals surface area contributed by atoms with Crippen LogP contribution in [0, 0.1) is 6.92 Å². The molecule has 5 rings (SSSR count). The lowest BCUT2D eigenvalue weighted by Crippen LogP contribution is -2.33. The van der Waals surface area contributed by atoms with Crippen molar-refractivity contribution in [2.75, 3.05) is 13.2 Å². The molecule has 4 aromatic rings. The van der Waals surface area contributed by atoms with E-state index >= 15 is 0 Å². The van der Waals surface area contributed by atoms with Crippen molar-refractivity contribution in [3.63, 3.8) is 0 Å². The van der Waals surface area contributed by atoms with Crippen LogP contribution in [0.2, 0.25) is 0 Å². The van der Waals surface area contributed by atoms with E-state index in [1.165, 1.54) is 0 Å². The van der Waals surface area contributed by atoms with Crippen molar-refractivity contribution in [2.45, 2.75) is 19.9 Å². The Morgan fingerprint density at radius 1 is 0.946 bits per heavy atom. The first-order valence-electron chi connectivity index (χ1n) is 12.1. The highest BCUT2D eigenvalue weighted by atomic mass is 32.2. The fourth-order valence-electron chi connectivity index (χ4n) is 4.27. The first-order valence-corrected chi connectivity index (χ1v) is 12.9. The second kappa shape index (κ2) is 10.9. The van der Waals surface area contributed by atoms with Crippen LogP contribution in [0.1, 0.15) is 27.9 Å². The van der Waals surface area contributed by atoms with Crippen LogP contribution in [0.15, 0.2) is 90.0 Å². The lowest BCUT2D eigenvalue weighted by Gasteiger charge is -2.11. The zero-order valence-electron chi connectivity index (χ0n) is 20.4. The number of nitrogens with zero attached hydrogens (tertiary/aromatic N) is 2. The van der Waals surface area contributed by atoms with Gasteiger partial charge in [0.05, 0.1) is 18.1 Å². The molecule has 2 heterocycles. The van der Waals surface area contributed by atoms with E-state index < -0.39 is 11.1 Å². The summed E-state index contributed by atoms with van der Waals surface area (Å²) in [6.07, 6.45) is 4.56. The molecule has 7 heteroatoms. The molecule has 0 aliphatic carbocycles. The van der Waals surface area contributed by atoms with E-state index in [0.29, 0.717) is 17.1 Å². The van der Waals surface area contributed by atoms with Crippen LogP contribution in [0.25, 0.3) is 17.0 Å². The van der Waals surface area contributed by atoms with E-state index in [1.54, 1.807) is 18.2 Å². The number of ketones is 1. The predicted molar refractivity (Wildman–Crippen MR) is 147 cm³/mol. The van der Waals surface area contributed by atoms with Gasteiger partial charge in [0, 0.05) is 34.8 Å². The van der Waals surface area contributed by atoms with Gasteiger partial charge < -0.3 is 9.30 Å². The van der Waals surface area contributed by atoms with Crippen LogP contribution in [-0.4, -0.2) is 39.5 Å². The minimum atomic E-state index is -0.441. The number of thioether (sulfide) groups is 1. The average Bonchev–Trinajstić information content (AvgIpc) is 3.39. The summed E-state index contributed by atoms with van der Waals surface area (Å²) in [5.74, 6) is 0.138. The first-order chi connectivity index (χ1) is 18.0. The molecule has 0 saturated carbocycles. The lowest BCUT2D eigenvalue weighted by atomic mass is 10.1. The van der Waals surface area contributed by atoms with E-state index in [1.807, 2.05) is 79.9 Å². The first kappa shape index (κ1) is 24.6. The number of carbonyl (C=O) groups is 3. The van der Waals surface area contributed by atoms with E-state index in [0.717, 1.165) is 57.4 Å². The number of Topliss-reactive ketones (excluding diaryl/α,β-unsaturated/α-hetero) is 1. The van der Waals surface area contributed by atoms with Crippen molar-refractivity contribution in [3.05, 3.63) is 107 Å². The molecule has 0 radical (unpaired) electrons. The van der Waals surface area contributed by atoms with Gasteiger partial charge in [-0.2, -0.15) is 0 Å². The molecule has 37 heavy (non-hydrogen) atoms. The summed E-state index contributed by atoms with van der Waals surface area (Å²) in [7, 11) is 0. The molecule has 0 atom stereocenters. The Bertz CT molecular complexity index is 1490. The number of imide groups is 1. The Morgan fingerprint density at radius 2 is 1.68 bits per heavy atom. The van der Waals surface area contributed by atoms with Gasteiger partial charge in [-0.15, -0.1) is 0 Å². The molecular formula is C30H26N2O4S. The maximum absolute atomic E-state index is 13.1. The number of carbonyl (C=O) groups excluding carboxylic acids is 3. The number of rotatable bonds is 9. The smallest absolute Gasteiger partial charge is 0.293 e. The van der Waals surface area contributed by atoms with Crippen LogP contribution in [0.5, 0.6) is 5.75 Å². The fraction of sp³-hybridized carbons (Fsp3) is 0.167. The van der Waals surface area contributed by atoms with Crippen molar-refractivity contribution in [2.24, 2.45) is 0 Å². The Kier molecular flexibility index (Phi) is 7.23. The quantitative estimate of drug-likeness (QED) is 0.149. The van der Waals surface area contributed by atoms with Gasteiger partial charge in [-0.25, -0.2) is 0 Å². The van der Waals surface area contributed by atoms with Crippen LogP contribution in [-0.2, 0) is 11.3 Å². The van der Waals surface area contributed by atoms with Crippen LogP contribution < -0.4 is 4.74 Å². The maximum atomic E-state index is 13.1. The van der Waals surface area contributed by atoms with Crippen molar-refractivity contribution in [3.8, 4) is 5.75 Å². The summed E-state index contributed by atoms with van der Waals surface area (Å²) < 4.78 is 7.96. The summed E-state index contributed by atoms with van der Waals surface area (Å²) in [6.45, 7) is 2.99. The second-order valence-corrected chi connectivity index (χ2v) is 9.86. The molecule has 1 aromatic heterocycles. The van der Waals surface area contributed by atoms with Gasteiger partial charge in [0.25, 0.3) is 11.1 Å². The van der Waals surface area contributed by atoms with E-state index in [4.69, 9.17) is 4.74 Å². The van der Waals surface area contributed by atoms with Gasteiger partial charge >= 0.3 is 0 Å². The number of aromatic nitrogens is 1. The molecule has 1 aliphatic rings. The van der Waals surface area contributed by atoms with Gasteiger partial charge in [0.2, 0.25) is 0 Å². The third kappa shape index (κ3) is 5.52. The zero-order valence-corrected chi connectivity index (χ0v) is 21.2. The van der Waals surface area contributed by atoms with E-state index in [2.05, 4.69) is 4.57 Å². The highest BCUT2D eigenvalue weighted by Crippen LogP contribution is 2.34. The summed E-state index contributed by atoms with van der Waals surface area (Å²) in [4.78, 5) is 39.7. The predicted octanol–water partition coefficient (Wildman–Crippen LogP) is 6.34. The number of aryl methyl sites for hydroxylation is 2. The molecular weight excluding hydrogens is 484 g/mol. The summed E-state index contributed by atoms with van der Waals surface area (Å²) in [5.41, 5.74) is 3.42. The molecule has 0 unspecified atom stereocenters. The Labute approximate surface area is 219 Å². The monoisotopic (exact) mass is 510 g/mol. The molecule has 1 aliphatic heterocycles. The van der Waals surface area contributed by atoms with Crippen molar-refractivity contribution >= 4 is 45.7 Å². The molecule has 2 amide bonds. The Hall–Kier alpha value is -4.10. The van der Waals surface area contributed by atoms with Crippen LogP contribution in [0.4, 0.5) is 4.79 Å².